The second-order valence-electron chi connectivity index (χ2n) is 3.61. The molecule has 0 amide bonds. The van der Waals surface area contributed by atoms with Gasteiger partial charge in [-0.15, -0.1) is 6.58 Å². The first-order valence-electron chi connectivity index (χ1n) is 4.88. The molecule has 0 N–H and O–H groups in total. The third-order valence-electron chi connectivity index (χ3n) is 2.76. The lowest BCUT2D eigenvalue weighted by molar-refractivity contribution is -0.0765. The summed E-state index contributed by atoms with van der Waals surface area (Å²) in [7, 11) is 0. The van der Waals surface area contributed by atoms with E-state index in [0.717, 1.165) is 12.8 Å². The average Bonchev–Trinajstić information content (AvgIpc) is 2.62. The molecule has 4 heteroatoms. The number of hydrogen-bond acceptors (Lipinski definition) is 3. The zero-order valence-electron chi connectivity index (χ0n) is 7.99. The number of alkyl halides is 1. The summed E-state index contributed by atoms with van der Waals surface area (Å²) in [4.78, 5) is 5.17. The Labute approximate surface area is 82.6 Å². The highest BCUT2D eigenvalue weighted by Gasteiger charge is 2.42. The number of oxime groups is 1. The van der Waals surface area contributed by atoms with Gasteiger partial charge < -0.3 is 9.57 Å². The maximum atomic E-state index is 12.6. The van der Waals surface area contributed by atoms with Gasteiger partial charge in [-0.2, -0.15) is 0 Å². The van der Waals surface area contributed by atoms with Crippen molar-refractivity contribution in [3.63, 3.8) is 0 Å². The van der Waals surface area contributed by atoms with Crippen molar-refractivity contribution in [2.45, 2.75) is 25.0 Å². The largest absolute Gasteiger partial charge is 0.392 e. The lowest BCUT2D eigenvalue weighted by Gasteiger charge is -2.31. The van der Waals surface area contributed by atoms with E-state index >= 15 is 0 Å². The van der Waals surface area contributed by atoms with E-state index < -0.39 is 6.67 Å². The fourth-order valence-corrected chi connectivity index (χ4v) is 2.09. The van der Waals surface area contributed by atoms with E-state index in [1.165, 1.54) is 0 Å². The molecular weight excluding hydrogens is 185 g/mol. The van der Waals surface area contributed by atoms with Gasteiger partial charge in [0, 0.05) is 6.42 Å². The summed E-state index contributed by atoms with van der Waals surface area (Å²) in [6.45, 7) is 3.78. The van der Waals surface area contributed by atoms with E-state index in [1.807, 2.05) is 0 Å². The molecule has 0 radical (unpaired) electrons. The van der Waals surface area contributed by atoms with Crippen molar-refractivity contribution < 1.29 is 14.0 Å². The van der Waals surface area contributed by atoms with E-state index in [4.69, 9.17) is 9.57 Å². The molecular formula is C10H14FNO2. The molecule has 0 bridgehead atoms. The molecule has 0 spiro atoms. The molecule has 0 aromatic carbocycles. The van der Waals surface area contributed by atoms with Crippen LogP contribution in [0.15, 0.2) is 17.8 Å². The maximum absolute atomic E-state index is 12.6. The lowest BCUT2D eigenvalue weighted by atomic mass is 9.86. The zero-order valence-corrected chi connectivity index (χ0v) is 7.99. The molecule has 2 aliphatic heterocycles. The summed E-state index contributed by atoms with van der Waals surface area (Å²) in [5.74, 6) is -0.00764. The first-order chi connectivity index (χ1) is 6.86. The molecule has 1 fully saturated rings. The molecule has 2 rings (SSSR count). The zero-order chi connectivity index (χ0) is 9.97. The van der Waals surface area contributed by atoms with Crippen LogP contribution in [-0.4, -0.2) is 31.2 Å². The highest BCUT2D eigenvalue weighted by molar-refractivity contribution is 5.89. The molecule has 78 valence electrons. The number of fused-ring (bicyclic) bond motifs is 1. The van der Waals surface area contributed by atoms with Crippen molar-refractivity contribution >= 4 is 5.71 Å². The van der Waals surface area contributed by atoms with Crippen molar-refractivity contribution in [3.8, 4) is 0 Å². The Morgan fingerprint density at radius 1 is 1.64 bits per heavy atom. The van der Waals surface area contributed by atoms with Gasteiger partial charge in [0.1, 0.15) is 12.8 Å². The van der Waals surface area contributed by atoms with Crippen LogP contribution in [0.2, 0.25) is 0 Å². The first kappa shape index (κ1) is 9.65. The Morgan fingerprint density at radius 2 is 2.50 bits per heavy atom. The number of nitrogens with zero attached hydrogens (tertiary/aromatic N) is 1. The quantitative estimate of drug-likeness (QED) is 0.647. The monoisotopic (exact) mass is 199 g/mol. The van der Waals surface area contributed by atoms with Gasteiger partial charge in [0.25, 0.3) is 0 Å². The topological polar surface area (TPSA) is 30.8 Å². The first-order valence-corrected chi connectivity index (χ1v) is 4.88. The molecule has 0 aromatic heterocycles. The Kier molecular flexibility index (Phi) is 2.82. The molecule has 0 saturated carbocycles. The van der Waals surface area contributed by atoms with Crippen LogP contribution in [0.1, 0.15) is 12.8 Å². The van der Waals surface area contributed by atoms with Crippen LogP contribution >= 0.6 is 0 Å². The van der Waals surface area contributed by atoms with E-state index in [-0.39, 0.29) is 18.1 Å². The number of rotatable bonds is 3. The minimum Gasteiger partial charge on any atom is -0.392 e. The van der Waals surface area contributed by atoms with Crippen LogP contribution in [0.3, 0.4) is 0 Å². The molecule has 2 aliphatic rings. The Bertz CT molecular complexity index is 255. The van der Waals surface area contributed by atoms with E-state index in [1.54, 1.807) is 6.08 Å². The molecule has 3 atom stereocenters. The number of ether oxygens (including phenoxy) is 1. The van der Waals surface area contributed by atoms with E-state index in [0.29, 0.717) is 12.3 Å². The van der Waals surface area contributed by atoms with Crippen LogP contribution in [0.25, 0.3) is 0 Å². The second kappa shape index (κ2) is 4.09. The summed E-state index contributed by atoms with van der Waals surface area (Å²) in [5.41, 5.74) is 0.488. The fourth-order valence-electron chi connectivity index (χ4n) is 2.09. The minimum atomic E-state index is -0.543. The highest BCUT2D eigenvalue weighted by Crippen LogP contribution is 2.32. The van der Waals surface area contributed by atoms with Crippen LogP contribution in [0.5, 0.6) is 0 Å². The summed E-state index contributed by atoms with van der Waals surface area (Å²) in [6, 6.07) is 0. The third kappa shape index (κ3) is 1.54. The Balaban J connectivity index is 2.10. The summed E-state index contributed by atoms with van der Waals surface area (Å²) < 4.78 is 18.2. The van der Waals surface area contributed by atoms with E-state index in [9.17, 15) is 4.39 Å². The summed E-state index contributed by atoms with van der Waals surface area (Å²) >= 11 is 0. The molecule has 0 aromatic rings. The van der Waals surface area contributed by atoms with Crippen LogP contribution < -0.4 is 0 Å². The normalized spacial score (nSPS) is 35.8. The van der Waals surface area contributed by atoms with E-state index in [2.05, 4.69) is 11.7 Å². The van der Waals surface area contributed by atoms with Crippen molar-refractivity contribution in [2.75, 3.05) is 13.3 Å². The van der Waals surface area contributed by atoms with Crippen LogP contribution in [0, 0.1) is 5.92 Å². The van der Waals surface area contributed by atoms with Gasteiger partial charge >= 0.3 is 0 Å². The van der Waals surface area contributed by atoms with Crippen molar-refractivity contribution in [2.24, 2.45) is 11.1 Å². The van der Waals surface area contributed by atoms with Crippen molar-refractivity contribution in [1.29, 1.82) is 0 Å². The van der Waals surface area contributed by atoms with Gasteiger partial charge in [-0.3, -0.25) is 0 Å². The third-order valence-corrected chi connectivity index (χ3v) is 2.76. The van der Waals surface area contributed by atoms with Gasteiger partial charge in [-0.25, -0.2) is 4.39 Å². The predicted molar refractivity (Wildman–Crippen MR) is 50.9 cm³/mol. The maximum Gasteiger partial charge on any atom is 0.140 e. The molecule has 3 nitrogen and oxygen atoms in total. The Morgan fingerprint density at radius 3 is 3.21 bits per heavy atom. The van der Waals surface area contributed by atoms with Gasteiger partial charge in [0.05, 0.1) is 24.3 Å². The SMILES string of the molecule is C=CCC1OCC[C@H]2ON=C(CF)[C@@H]12. The molecule has 14 heavy (non-hydrogen) atoms. The molecule has 2 heterocycles. The highest BCUT2D eigenvalue weighted by atomic mass is 19.1. The predicted octanol–water partition coefficient (Wildman–Crippen LogP) is 1.69. The van der Waals surface area contributed by atoms with Crippen LogP contribution in [0.4, 0.5) is 4.39 Å². The van der Waals surface area contributed by atoms with Crippen LogP contribution in [-0.2, 0) is 9.57 Å². The minimum absolute atomic E-state index is 0.00764. The Hall–Kier alpha value is -0.900. The van der Waals surface area contributed by atoms with Gasteiger partial charge in [-0.05, 0) is 6.42 Å². The average molecular weight is 199 g/mol. The standard InChI is InChI=1S/C10H14FNO2/c1-2-3-8-10-7(6-11)12-14-9(10)4-5-13-8/h2,8-10H,1,3-6H2/t8?,9-,10+/m1/s1. The summed E-state index contributed by atoms with van der Waals surface area (Å²) in [5, 5.41) is 3.76. The van der Waals surface area contributed by atoms with Crippen molar-refractivity contribution in [1.82, 2.24) is 0 Å². The fraction of sp³-hybridized carbons (Fsp3) is 0.700. The molecule has 1 unspecified atom stereocenters. The van der Waals surface area contributed by atoms with Gasteiger partial charge in [-0.1, -0.05) is 11.2 Å². The van der Waals surface area contributed by atoms with Crippen molar-refractivity contribution in [3.05, 3.63) is 12.7 Å². The smallest absolute Gasteiger partial charge is 0.140 e. The number of halogens is 1. The van der Waals surface area contributed by atoms with Gasteiger partial charge in [0.15, 0.2) is 0 Å². The van der Waals surface area contributed by atoms with Gasteiger partial charge in [0.2, 0.25) is 0 Å². The lowest BCUT2D eigenvalue weighted by Crippen LogP contribution is -2.42. The molecule has 0 aliphatic carbocycles. The summed E-state index contributed by atoms with van der Waals surface area (Å²) in [6.07, 6.45) is 3.32. The molecule has 1 saturated heterocycles. The second-order valence-corrected chi connectivity index (χ2v) is 3.61. The number of hydrogen-bond donors (Lipinski definition) is 0.